The molecule has 6 heteroatoms. The molecule has 0 spiro atoms. The number of carbonyl (C=O) groups is 2. The van der Waals surface area contributed by atoms with Crippen LogP contribution < -0.4 is 10.6 Å². The van der Waals surface area contributed by atoms with Crippen molar-refractivity contribution in [1.29, 1.82) is 0 Å². The number of nitrogens with zero attached hydrogens (tertiary/aromatic N) is 1. The van der Waals surface area contributed by atoms with Crippen LogP contribution in [-0.4, -0.2) is 30.1 Å². The molecule has 1 rings (SSSR count). The highest BCUT2D eigenvalue weighted by molar-refractivity contribution is 9.10. The number of benzene rings is 1. The molecule has 17 heavy (non-hydrogen) atoms. The molecule has 3 N–H and O–H groups in total. The van der Waals surface area contributed by atoms with Crippen LogP contribution in [0.15, 0.2) is 22.7 Å². The van der Waals surface area contributed by atoms with Crippen molar-refractivity contribution in [2.24, 2.45) is 5.73 Å². The van der Waals surface area contributed by atoms with E-state index in [2.05, 4.69) is 15.9 Å². The molecule has 0 aliphatic heterocycles. The van der Waals surface area contributed by atoms with Gasteiger partial charge in [-0.2, -0.15) is 0 Å². The number of halogens is 1. The molecule has 0 aliphatic rings. The summed E-state index contributed by atoms with van der Waals surface area (Å²) in [4.78, 5) is 23.6. The number of aliphatic carboxylic acids is 1. The molecule has 1 aromatic rings. The number of hydrogen-bond donors (Lipinski definition) is 2. The van der Waals surface area contributed by atoms with Gasteiger partial charge in [0.1, 0.15) is 6.54 Å². The molecule has 0 saturated carbocycles. The van der Waals surface area contributed by atoms with E-state index in [0.717, 1.165) is 4.47 Å². The standard InChI is InChI=1S/C11H13BrN2O3/c1-2-14(6-10(15)16)9-5-7(12)3-4-8(9)11(13)17/h3-5H,2,6H2,1H3,(H2,13,17)(H,15,16). The number of hydrogen-bond acceptors (Lipinski definition) is 3. The maximum absolute atomic E-state index is 11.3. The summed E-state index contributed by atoms with van der Waals surface area (Å²) in [5.74, 6) is -1.53. The first kappa shape index (κ1) is 13.5. The normalized spacial score (nSPS) is 10.0. The quantitative estimate of drug-likeness (QED) is 0.862. The second-order valence-corrected chi connectivity index (χ2v) is 4.35. The van der Waals surface area contributed by atoms with Gasteiger partial charge in [0, 0.05) is 11.0 Å². The van der Waals surface area contributed by atoms with E-state index in [0.29, 0.717) is 17.8 Å². The van der Waals surface area contributed by atoms with Gasteiger partial charge in [-0.15, -0.1) is 0 Å². The maximum atomic E-state index is 11.3. The molecule has 0 heterocycles. The Kier molecular flexibility index (Phi) is 4.51. The first-order chi connectivity index (χ1) is 7.95. The number of anilines is 1. The first-order valence-corrected chi connectivity index (χ1v) is 5.81. The summed E-state index contributed by atoms with van der Waals surface area (Å²) in [6.07, 6.45) is 0. The Morgan fingerprint density at radius 1 is 1.47 bits per heavy atom. The predicted octanol–water partition coefficient (Wildman–Crippen LogP) is 1.46. The molecule has 1 aromatic carbocycles. The Labute approximate surface area is 107 Å². The highest BCUT2D eigenvalue weighted by Crippen LogP contribution is 2.24. The molecule has 0 aromatic heterocycles. The topological polar surface area (TPSA) is 83.6 Å². The Balaban J connectivity index is 3.20. The zero-order valence-electron chi connectivity index (χ0n) is 9.31. The number of carboxylic acid groups (broad SMARTS) is 1. The fourth-order valence-corrected chi connectivity index (χ4v) is 1.85. The summed E-state index contributed by atoms with van der Waals surface area (Å²) in [5.41, 5.74) is 6.10. The van der Waals surface area contributed by atoms with Crippen LogP contribution in [0.4, 0.5) is 5.69 Å². The van der Waals surface area contributed by atoms with Crippen LogP contribution in [-0.2, 0) is 4.79 Å². The lowest BCUT2D eigenvalue weighted by molar-refractivity contribution is -0.135. The molecule has 0 aliphatic carbocycles. The highest BCUT2D eigenvalue weighted by Gasteiger charge is 2.16. The molecule has 0 unspecified atom stereocenters. The van der Waals surface area contributed by atoms with Gasteiger partial charge in [-0.25, -0.2) is 0 Å². The summed E-state index contributed by atoms with van der Waals surface area (Å²) in [6.45, 7) is 2.12. The van der Waals surface area contributed by atoms with E-state index in [1.807, 2.05) is 6.92 Å². The zero-order valence-corrected chi connectivity index (χ0v) is 10.9. The number of likely N-dealkylation sites (N-methyl/N-ethyl adjacent to an activating group) is 1. The minimum Gasteiger partial charge on any atom is -0.480 e. The molecule has 0 bridgehead atoms. The molecular weight excluding hydrogens is 288 g/mol. The molecule has 92 valence electrons. The van der Waals surface area contributed by atoms with E-state index in [1.165, 1.54) is 0 Å². The van der Waals surface area contributed by atoms with Gasteiger partial charge in [-0.1, -0.05) is 15.9 Å². The molecule has 0 radical (unpaired) electrons. The minimum absolute atomic E-state index is 0.173. The van der Waals surface area contributed by atoms with Gasteiger partial charge in [0.2, 0.25) is 0 Å². The number of carbonyl (C=O) groups excluding carboxylic acids is 1. The average Bonchev–Trinajstić information content (AvgIpc) is 2.25. The summed E-state index contributed by atoms with van der Waals surface area (Å²) < 4.78 is 0.765. The van der Waals surface area contributed by atoms with Gasteiger partial charge in [-0.05, 0) is 25.1 Å². The maximum Gasteiger partial charge on any atom is 0.323 e. The molecule has 0 saturated heterocycles. The third kappa shape index (κ3) is 3.45. The minimum atomic E-state index is -0.956. The van der Waals surface area contributed by atoms with Crippen LogP contribution in [0.25, 0.3) is 0 Å². The Bertz CT molecular complexity index is 448. The van der Waals surface area contributed by atoms with Crippen molar-refractivity contribution in [2.75, 3.05) is 18.0 Å². The fourth-order valence-electron chi connectivity index (χ4n) is 1.51. The molecular formula is C11H13BrN2O3. The average molecular weight is 301 g/mol. The molecule has 0 atom stereocenters. The van der Waals surface area contributed by atoms with Crippen molar-refractivity contribution in [2.45, 2.75) is 6.92 Å². The van der Waals surface area contributed by atoms with Gasteiger partial charge in [-0.3, -0.25) is 9.59 Å². The van der Waals surface area contributed by atoms with E-state index in [4.69, 9.17) is 10.8 Å². The van der Waals surface area contributed by atoms with E-state index in [-0.39, 0.29) is 6.54 Å². The van der Waals surface area contributed by atoms with E-state index < -0.39 is 11.9 Å². The first-order valence-electron chi connectivity index (χ1n) is 5.01. The molecule has 5 nitrogen and oxygen atoms in total. The van der Waals surface area contributed by atoms with Crippen molar-refractivity contribution >= 4 is 33.5 Å². The van der Waals surface area contributed by atoms with Crippen LogP contribution in [0.1, 0.15) is 17.3 Å². The van der Waals surface area contributed by atoms with Gasteiger partial charge in [0.15, 0.2) is 0 Å². The van der Waals surface area contributed by atoms with Crippen LogP contribution in [0.5, 0.6) is 0 Å². The second kappa shape index (κ2) is 5.67. The van der Waals surface area contributed by atoms with Gasteiger partial charge >= 0.3 is 5.97 Å². The number of primary amides is 1. The number of rotatable bonds is 5. The highest BCUT2D eigenvalue weighted by atomic mass is 79.9. The Hall–Kier alpha value is -1.56. The molecule has 1 amide bonds. The summed E-state index contributed by atoms with van der Waals surface area (Å²) in [6, 6.07) is 4.96. The number of nitrogens with two attached hydrogens (primary N) is 1. The third-order valence-corrected chi connectivity index (χ3v) is 2.77. The van der Waals surface area contributed by atoms with Crippen LogP contribution in [0.2, 0.25) is 0 Å². The van der Waals surface area contributed by atoms with E-state index >= 15 is 0 Å². The molecule has 0 fully saturated rings. The lowest BCUT2D eigenvalue weighted by Gasteiger charge is -2.23. The number of amides is 1. The van der Waals surface area contributed by atoms with Crippen LogP contribution in [0, 0.1) is 0 Å². The number of carboxylic acids is 1. The SMILES string of the molecule is CCN(CC(=O)O)c1cc(Br)ccc1C(N)=O. The fraction of sp³-hybridized carbons (Fsp3) is 0.273. The van der Waals surface area contributed by atoms with Crippen molar-refractivity contribution in [3.05, 3.63) is 28.2 Å². The van der Waals surface area contributed by atoms with Crippen LogP contribution in [0.3, 0.4) is 0 Å². The van der Waals surface area contributed by atoms with E-state index in [9.17, 15) is 9.59 Å². The Morgan fingerprint density at radius 3 is 2.59 bits per heavy atom. The predicted molar refractivity (Wildman–Crippen MR) is 68.2 cm³/mol. The Morgan fingerprint density at radius 2 is 2.12 bits per heavy atom. The lowest BCUT2D eigenvalue weighted by Crippen LogP contribution is -2.31. The summed E-state index contributed by atoms with van der Waals surface area (Å²) >= 11 is 3.28. The van der Waals surface area contributed by atoms with Crippen molar-refractivity contribution in [3.8, 4) is 0 Å². The van der Waals surface area contributed by atoms with Gasteiger partial charge < -0.3 is 15.7 Å². The zero-order chi connectivity index (χ0) is 13.0. The lowest BCUT2D eigenvalue weighted by atomic mass is 10.1. The van der Waals surface area contributed by atoms with Gasteiger partial charge in [0.25, 0.3) is 5.91 Å². The second-order valence-electron chi connectivity index (χ2n) is 3.43. The van der Waals surface area contributed by atoms with Crippen molar-refractivity contribution in [3.63, 3.8) is 0 Å². The van der Waals surface area contributed by atoms with Crippen molar-refractivity contribution < 1.29 is 14.7 Å². The monoisotopic (exact) mass is 300 g/mol. The third-order valence-electron chi connectivity index (χ3n) is 2.27. The van der Waals surface area contributed by atoms with Crippen molar-refractivity contribution in [1.82, 2.24) is 0 Å². The van der Waals surface area contributed by atoms with Crippen LogP contribution >= 0.6 is 15.9 Å². The smallest absolute Gasteiger partial charge is 0.323 e. The summed E-state index contributed by atoms with van der Waals surface area (Å²) in [5, 5.41) is 8.81. The van der Waals surface area contributed by atoms with E-state index in [1.54, 1.807) is 23.1 Å². The van der Waals surface area contributed by atoms with Gasteiger partial charge in [0.05, 0.1) is 11.3 Å². The summed E-state index contributed by atoms with van der Waals surface area (Å²) in [7, 11) is 0. The largest absolute Gasteiger partial charge is 0.480 e.